The van der Waals surface area contributed by atoms with E-state index in [2.05, 4.69) is 27.0 Å². The summed E-state index contributed by atoms with van der Waals surface area (Å²) in [5, 5.41) is 2.71. The third-order valence-electron chi connectivity index (χ3n) is 5.47. The van der Waals surface area contributed by atoms with Gasteiger partial charge in [0.05, 0.1) is 0 Å². The van der Waals surface area contributed by atoms with Gasteiger partial charge in [0.25, 0.3) is 0 Å². The number of sulfonamides is 1. The predicted molar refractivity (Wildman–Crippen MR) is 131 cm³/mol. The number of nitrogens with zero attached hydrogens (tertiary/aromatic N) is 4. The number of halogens is 7. The number of rotatable bonds is 10. The maximum atomic E-state index is 15.5. The van der Waals surface area contributed by atoms with E-state index in [-0.39, 0.29) is 36.5 Å². The molecule has 0 atom stereocenters. The molecule has 0 saturated heterocycles. The molecule has 1 aromatic heterocycles. The Morgan fingerprint density at radius 3 is 2.15 bits per heavy atom. The fraction of sp³-hybridized carbons (Fsp3) is 0.348. The lowest BCUT2D eigenvalue weighted by Gasteiger charge is -2.26. The summed E-state index contributed by atoms with van der Waals surface area (Å²) in [6, 6.07) is 6.85. The summed E-state index contributed by atoms with van der Waals surface area (Å²) >= 11 is 0. The predicted octanol–water partition coefficient (Wildman–Crippen LogP) is 4.98. The van der Waals surface area contributed by atoms with E-state index in [0.717, 1.165) is 37.2 Å². The van der Waals surface area contributed by atoms with Gasteiger partial charge in [-0.1, -0.05) is 18.2 Å². The first-order chi connectivity index (χ1) is 18.2. The number of aromatic nitrogens is 1. The molecule has 3 rings (SSSR count). The van der Waals surface area contributed by atoms with Crippen LogP contribution >= 0.6 is 0 Å². The van der Waals surface area contributed by atoms with Crippen molar-refractivity contribution in [1.82, 2.24) is 15.2 Å². The van der Waals surface area contributed by atoms with Gasteiger partial charge >= 0.3 is 21.7 Å². The number of hydrogen-bond acceptors (Lipinski definition) is 6. The fourth-order valence-electron chi connectivity index (χ4n) is 3.40. The van der Waals surface area contributed by atoms with Crippen LogP contribution in [0.5, 0.6) is 0 Å². The summed E-state index contributed by atoms with van der Waals surface area (Å²) in [5.41, 5.74) is -5.99. The second kappa shape index (κ2) is 11.6. The number of anilines is 1. The first-order valence-electron chi connectivity index (χ1n) is 11.2. The largest absolute Gasteiger partial charge is 0.516 e. The van der Waals surface area contributed by atoms with E-state index in [1.165, 1.54) is 30.0 Å². The van der Waals surface area contributed by atoms with Gasteiger partial charge in [0.15, 0.2) is 11.7 Å². The lowest BCUT2D eigenvalue weighted by molar-refractivity contribution is -0.141. The second-order valence-electron chi connectivity index (χ2n) is 8.38. The van der Waals surface area contributed by atoms with Crippen LogP contribution in [-0.4, -0.2) is 49.5 Å². The van der Waals surface area contributed by atoms with Crippen molar-refractivity contribution in [3.05, 3.63) is 71.1 Å². The van der Waals surface area contributed by atoms with Gasteiger partial charge in [0.2, 0.25) is 5.83 Å². The number of nitrogens with one attached hydrogen (secondary N) is 2. The van der Waals surface area contributed by atoms with Crippen molar-refractivity contribution in [3.63, 3.8) is 0 Å². The van der Waals surface area contributed by atoms with Crippen LogP contribution in [0.15, 0.2) is 64.2 Å². The van der Waals surface area contributed by atoms with Crippen molar-refractivity contribution in [3.8, 4) is 0 Å². The molecule has 2 aromatic rings. The van der Waals surface area contributed by atoms with Crippen LogP contribution in [0, 0.1) is 0 Å². The highest BCUT2D eigenvalue weighted by molar-refractivity contribution is 7.93. The first kappa shape index (κ1) is 29.9. The normalized spacial score (nSPS) is 15.4. The average Bonchev–Trinajstić information content (AvgIpc) is 3.69. The molecule has 0 radical (unpaired) electrons. The molecule has 1 aromatic carbocycles. The highest BCUT2D eigenvalue weighted by atomic mass is 32.2. The quantitative estimate of drug-likeness (QED) is 0.235. The Morgan fingerprint density at radius 2 is 1.69 bits per heavy atom. The van der Waals surface area contributed by atoms with Crippen LogP contribution in [0.2, 0.25) is 0 Å². The minimum atomic E-state index is -5.58. The minimum absolute atomic E-state index is 0.0373. The molecular weight excluding hydrogens is 557 g/mol. The highest BCUT2D eigenvalue weighted by Gasteiger charge is 2.46. The van der Waals surface area contributed by atoms with Crippen molar-refractivity contribution >= 4 is 28.3 Å². The minimum Gasteiger partial charge on any atom is -0.363 e. The first-order valence-corrected chi connectivity index (χ1v) is 12.7. The number of alkyl halides is 6. The molecule has 39 heavy (non-hydrogen) atoms. The molecule has 8 nitrogen and oxygen atoms in total. The third kappa shape index (κ3) is 7.68. The van der Waals surface area contributed by atoms with Gasteiger partial charge < -0.3 is 10.2 Å². The molecule has 1 saturated carbocycles. The van der Waals surface area contributed by atoms with Crippen LogP contribution in [0.1, 0.15) is 29.7 Å². The summed E-state index contributed by atoms with van der Waals surface area (Å²) in [6.45, 7) is 3.32. The molecule has 1 aliphatic carbocycles. The molecule has 0 amide bonds. The number of pyridine rings is 1. The Bertz CT molecular complexity index is 1340. The van der Waals surface area contributed by atoms with E-state index in [9.17, 15) is 34.8 Å². The van der Waals surface area contributed by atoms with Gasteiger partial charge in [0.1, 0.15) is 5.69 Å². The Balaban J connectivity index is 1.73. The number of aliphatic imine (C=N–C) groups is 2. The molecule has 2 N–H and O–H groups in total. The van der Waals surface area contributed by atoms with Crippen LogP contribution in [0.4, 0.5) is 36.4 Å². The molecular formula is C23H23F7N6O2S. The number of hydrogen-bond donors (Lipinski definition) is 2. The van der Waals surface area contributed by atoms with E-state index in [0.29, 0.717) is 11.1 Å². The number of benzene rings is 1. The molecule has 1 aliphatic rings. The van der Waals surface area contributed by atoms with Crippen LogP contribution in [-0.2, 0) is 29.3 Å². The van der Waals surface area contributed by atoms with Crippen LogP contribution < -0.4 is 10.0 Å². The Hall–Kier alpha value is -3.69. The smallest absolute Gasteiger partial charge is 0.363 e. The molecule has 0 bridgehead atoms. The van der Waals surface area contributed by atoms with Gasteiger partial charge in [-0.2, -0.15) is 39.2 Å². The topological polar surface area (TPSA) is 99.0 Å². The summed E-state index contributed by atoms with van der Waals surface area (Å²) in [7, 11) is -4.23. The monoisotopic (exact) mass is 580 g/mol. The van der Waals surface area contributed by atoms with Gasteiger partial charge in [-0.25, -0.2) is 4.99 Å². The van der Waals surface area contributed by atoms with E-state index in [4.69, 9.17) is 0 Å². The zero-order chi connectivity index (χ0) is 29.0. The Kier molecular flexibility index (Phi) is 8.87. The maximum absolute atomic E-state index is 15.5. The SMILES string of the molecule is C=N/C(NCc1ccc(NS(=O)(=O)C(F)(F)F)cc1)=C(/F)C(=NC)N(Cc1ccc(C(F)(F)F)nc1)C1CC1. The lowest BCUT2D eigenvalue weighted by Crippen LogP contribution is -2.34. The Labute approximate surface area is 219 Å². The van der Waals surface area contributed by atoms with Crippen LogP contribution in [0.25, 0.3) is 0 Å². The summed E-state index contributed by atoms with van der Waals surface area (Å²) in [6.07, 6.45) is -2.09. The van der Waals surface area contributed by atoms with Crippen molar-refractivity contribution in [2.45, 2.75) is 43.7 Å². The third-order valence-corrected chi connectivity index (χ3v) is 6.59. The van der Waals surface area contributed by atoms with E-state index in [1.807, 2.05) is 0 Å². The average molecular weight is 581 g/mol. The summed E-state index contributed by atoms with van der Waals surface area (Å²) in [5.74, 6) is -1.29. The zero-order valence-electron chi connectivity index (χ0n) is 20.3. The van der Waals surface area contributed by atoms with Gasteiger partial charge in [0, 0.05) is 38.1 Å². The van der Waals surface area contributed by atoms with E-state index >= 15 is 4.39 Å². The number of amidine groups is 1. The highest BCUT2D eigenvalue weighted by Crippen LogP contribution is 2.32. The maximum Gasteiger partial charge on any atom is 0.516 e. The second-order valence-corrected chi connectivity index (χ2v) is 10.1. The van der Waals surface area contributed by atoms with Crippen molar-refractivity contribution in [2.24, 2.45) is 9.98 Å². The van der Waals surface area contributed by atoms with Gasteiger partial charge in [-0.3, -0.25) is 14.7 Å². The molecule has 0 aliphatic heterocycles. The van der Waals surface area contributed by atoms with Crippen molar-refractivity contribution in [1.29, 1.82) is 0 Å². The van der Waals surface area contributed by atoms with Crippen molar-refractivity contribution in [2.75, 3.05) is 11.8 Å². The van der Waals surface area contributed by atoms with E-state index < -0.39 is 33.2 Å². The Morgan fingerprint density at radius 1 is 1.08 bits per heavy atom. The van der Waals surface area contributed by atoms with Crippen molar-refractivity contribution < 1.29 is 39.2 Å². The molecule has 212 valence electrons. The zero-order valence-corrected chi connectivity index (χ0v) is 21.1. The molecule has 16 heteroatoms. The fourth-order valence-corrected chi connectivity index (χ4v) is 3.96. The summed E-state index contributed by atoms with van der Waals surface area (Å²) in [4.78, 5) is 12.7. The molecule has 0 spiro atoms. The molecule has 1 heterocycles. The van der Waals surface area contributed by atoms with Gasteiger partial charge in [-0.05, 0) is 48.9 Å². The van der Waals surface area contributed by atoms with E-state index in [1.54, 1.807) is 4.90 Å². The lowest BCUT2D eigenvalue weighted by atomic mass is 10.2. The van der Waals surface area contributed by atoms with Crippen LogP contribution in [0.3, 0.4) is 0 Å². The standard InChI is InChI=1S/C23H23F7N6O2S/c1-31-20(34-11-14-3-6-16(7-4-14)35-39(37,38)23(28,29)30)19(24)21(32-2)36(17-8-9-17)13-15-5-10-18(33-12-15)22(25,26)27/h3-7,10,12,17,34-35H,1,8-9,11,13H2,2H3/b20-19-,32-21?. The van der Waals surface area contributed by atoms with Gasteiger partial charge in [-0.15, -0.1) is 0 Å². The summed E-state index contributed by atoms with van der Waals surface area (Å²) < 4.78 is 115. The molecule has 1 fully saturated rings. The molecule has 0 unspecified atom stereocenters.